The van der Waals surface area contributed by atoms with Crippen molar-refractivity contribution < 1.29 is 4.74 Å². The van der Waals surface area contributed by atoms with Gasteiger partial charge in [-0.15, -0.1) is 0 Å². The summed E-state index contributed by atoms with van der Waals surface area (Å²) >= 11 is 6.32. The van der Waals surface area contributed by atoms with Crippen LogP contribution in [0.5, 0.6) is 0 Å². The van der Waals surface area contributed by atoms with Crippen LogP contribution >= 0.6 is 11.6 Å². The molecule has 6 heteroatoms. The molecule has 0 N–H and O–H groups in total. The number of imidazole rings is 1. The van der Waals surface area contributed by atoms with Crippen molar-refractivity contribution in [2.75, 3.05) is 6.61 Å². The molecular formula is C21H21ClN4O. The highest BCUT2D eigenvalue weighted by atomic mass is 35.5. The van der Waals surface area contributed by atoms with Crippen molar-refractivity contribution in [2.45, 2.75) is 56.6 Å². The fourth-order valence-corrected chi connectivity index (χ4v) is 4.60. The summed E-state index contributed by atoms with van der Waals surface area (Å²) < 4.78 is 8.25. The molecule has 5 nitrogen and oxygen atoms in total. The lowest BCUT2D eigenvalue weighted by Gasteiger charge is -2.33. The van der Waals surface area contributed by atoms with E-state index < -0.39 is 0 Å². The molecule has 1 aromatic carbocycles. The highest BCUT2D eigenvalue weighted by Gasteiger charge is 2.32. The summed E-state index contributed by atoms with van der Waals surface area (Å²) in [7, 11) is 0. The fraction of sp³-hybridized carbons (Fsp3) is 0.476. The predicted molar refractivity (Wildman–Crippen MR) is 105 cm³/mol. The minimum atomic E-state index is -0.00266. The summed E-state index contributed by atoms with van der Waals surface area (Å²) in [6.07, 6.45) is 7.77. The summed E-state index contributed by atoms with van der Waals surface area (Å²) in [5.74, 6) is 1.69. The third kappa shape index (κ3) is 2.88. The van der Waals surface area contributed by atoms with Crippen molar-refractivity contribution in [2.24, 2.45) is 0 Å². The fourth-order valence-electron chi connectivity index (χ4n) is 4.43. The van der Waals surface area contributed by atoms with Gasteiger partial charge in [-0.2, -0.15) is 5.26 Å². The van der Waals surface area contributed by atoms with Crippen molar-refractivity contribution in [3.05, 3.63) is 35.2 Å². The van der Waals surface area contributed by atoms with Crippen molar-refractivity contribution in [1.82, 2.24) is 14.5 Å². The predicted octanol–water partition coefficient (Wildman–Crippen LogP) is 5.14. The summed E-state index contributed by atoms with van der Waals surface area (Å²) in [5.41, 5.74) is 3.01. The third-order valence-corrected chi connectivity index (χ3v) is 6.23. The van der Waals surface area contributed by atoms with E-state index in [1.54, 1.807) is 0 Å². The lowest BCUT2D eigenvalue weighted by atomic mass is 9.84. The molecule has 2 fully saturated rings. The first-order valence-corrected chi connectivity index (χ1v) is 10.1. The zero-order valence-corrected chi connectivity index (χ0v) is 15.8. The lowest BCUT2D eigenvalue weighted by Crippen LogP contribution is -2.29. The Bertz CT molecular complexity index is 1050. The van der Waals surface area contributed by atoms with Gasteiger partial charge in [0.05, 0.1) is 35.8 Å². The molecule has 138 valence electrons. The van der Waals surface area contributed by atoms with Gasteiger partial charge in [-0.3, -0.25) is 4.98 Å². The van der Waals surface area contributed by atoms with Gasteiger partial charge in [0, 0.05) is 29.0 Å². The van der Waals surface area contributed by atoms with E-state index in [1.165, 1.54) is 25.1 Å². The number of pyridine rings is 1. The van der Waals surface area contributed by atoms with Crippen molar-refractivity contribution in [3.63, 3.8) is 0 Å². The Balaban J connectivity index is 1.72. The second kappa shape index (κ2) is 6.78. The minimum Gasteiger partial charge on any atom is -0.377 e. The van der Waals surface area contributed by atoms with E-state index >= 15 is 0 Å². The summed E-state index contributed by atoms with van der Waals surface area (Å²) in [5, 5.41) is 10.9. The Morgan fingerprint density at radius 1 is 1.26 bits per heavy atom. The van der Waals surface area contributed by atoms with E-state index in [-0.39, 0.29) is 6.10 Å². The molecule has 3 aromatic rings. The molecule has 2 atom stereocenters. The number of aromatic nitrogens is 3. The maximum atomic E-state index is 9.10. The van der Waals surface area contributed by atoms with Crippen LogP contribution in [0.4, 0.5) is 0 Å². The number of nitriles is 1. The average molecular weight is 381 g/mol. The van der Waals surface area contributed by atoms with Crippen molar-refractivity contribution in [1.29, 1.82) is 5.26 Å². The molecule has 3 heterocycles. The van der Waals surface area contributed by atoms with E-state index in [9.17, 15) is 0 Å². The molecule has 5 rings (SSSR count). The number of fused-ring (bicyclic) bond motifs is 3. The maximum Gasteiger partial charge on any atom is 0.113 e. The van der Waals surface area contributed by atoms with Crippen LogP contribution in [-0.2, 0) is 4.74 Å². The van der Waals surface area contributed by atoms with Gasteiger partial charge in [0.25, 0.3) is 0 Å². The number of hydrogen-bond acceptors (Lipinski definition) is 4. The van der Waals surface area contributed by atoms with E-state index in [4.69, 9.17) is 26.6 Å². The number of hydrogen-bond donors (Lipinski definition) is 0. The Labute approximate surface area is 162 Å². The molecule has 1 aliphatic heterocycles. The molecule has 0 spiro atoms. The molecule has 0 radical (unpaired) electrons. The molecule has 2 aromatic heterocycles. The Morgan fingerprint density at radius 3 is 2.93 bits per heavy atom. The standard InChI is InChI=1S/C21H21ClN4O/c22-14-4-5-18-17(10-14)20-19(12-24-18)25-21(13-2-1-3-13)26(20)15-7-9-27-16(11-15)6-8-23/h4-5,10,12-13,15-16H,1-3,6-7,9,11H2/t15-,16-/m0/s1. The molecule has 0 bridgehead atoms. The highest BCUT2D eigenvalue weighted by Crippen LogP contribution is 2.42. The molecule has 1 saturated carbocycles. The van der Waals surface area contributed by atoms with Gasteiger partial charge in [0.1, 0.15) is 11.3 Å². The number of rotatable bonds is 3. The summed E-state index contributed by atoms with van der Waals surface area (Å²) in [4.78, 5) is 9.61. The topological polar surface area (TPSA) is 63.7 Å². The van der Waals surface area contributed by atoms with Crippen LogP contribution < -0.4 is 0 Å². The summed E-state index contributed by atoms with van der Waals surface area (Å²) in [6.45, 7) is 0.685. The third-order valence-electron chi connectivity index (χ3n) is 6.00. The number of halogens is 1. The Kier molecular flexibility index (Phi) is 4.26. The number of nitrogens with zero attached hydrogens (tertiary/aromatic N) is 4. The van der Waals surface area contributed by atoms with E-state index in [2.05, 4.69) is 15.6 Å². The van der Waals surface area contributed by atoms with E-state index in [0.29, 0.717) is 30.0 Å². The largest absolute Gasteiger partial charge is 0.377 e. The molecule has 27 heavy (non-hydrogen) atoms. The quantitative estimate of drug-likeness (QED) is 0.631. The van der Waals surface area contributed by atoms with Gasteiger partial charge in [-0.05, 0) is 43.9 Å². The lowest BCUT2D eigenvalue weighted by molar-refractivity contribution is -0.00245. The minimum absolute atomic E-state index is 0.00266. The zero-order chi connectivity index (χ0) is 18.4. The maximum absolute atomic E-state index is 9.10. The first kappa shape index (κ1) is 17.0. The monoisotopic (exact) mass is 380 g/mol. The van der Waals surface area contributed by atoms with E-state index in [0.717, 1.165) is 34.8 Å². The average Bonchev–Trinajstić information content (AvgIpc) is 3.00. The zero-order valence-electron chi connectivity index (χ0n) is 15.1. The normalized spacial score (nSPS) is 23.4. The Hall–Kier alpha value is -2.16. The van der Waals surface area contributed by atoms with Gasteiger partial charge in [0.2, 0.25) is 0 Å². The van der Waals surface area contributed by atoms with Gasteiger partial charge in [-0.25, -0.2) is 4.98 Å². The highest BCUT2D eigenvalue weighted by molar-refractivity contribution is 6.31. The number of ether oxygens (including phenoxy) is 1. The van der Waals surface area contributed by atoms with Crippen molar-refractivity contribution >= 4 is 33.5 Å². The SMILES string of the molecule is N#CC[C@H]1C[C@@H](n2c(C3CCC3)nc3cnc4ccc(Cl)cc4c32)CCO1. The smallest absolute Gasteiger partial charge is 0.113 e. The second-order valence-corrected chi connectivity index (χ2v) is 8.09. The first-order chi connectivity index (χ1) is 13.2. The molecule has 0 amide bonds. The van der Waals surface area contributed by atoms with Crippen LogP contribution in [0.2, 0.25) is 5.02 Å². The first-order valence-electron chi connectivity index (χ1n) is 9.69. The molecule has 2 aliphatic rings. The molecular weight excluding hydrogens is 360 g/mol. The van der Waals surface area contributed by atoms with Gasteiger partial charge < -0.3 is 9.30 Å². The van der Waals surface area contributed by atoms with Crippen molar-refractivity contribution in [3.8, 4) is 6.07 Å². The van der Waals surface area contributed by atoms with Crippen LogP contribution in [0.3, 0.4) is 0 Å². The Morgan fingerprint density at radius 2 is 2.15 bits per heavy atom. The second-order valence-electron chi connectivity index (χ2n) is 7.65. The molecule has 1 saturated heterocycles. The van der Waals surface area contributed by atoms with Crippen LogP contribution in [0, 0.1) is 11.3 Å². The molecule has 1 aliphatic carbocycles. The van der Waals surface area contributed by atoms with E-state index in [1.807, 2.05) is 24.4 Å². The van der Waals surface area contributed by atoms with Crippen LogP contribution in [-0.4, -0.2) is 27.2 Å². The van der Waals surface area contributed by atoms with Crippen LogP contribution in [0.25, 0.3) is 21.9 Å². The van der Waals surface area contributed by atoms with Crippen LogP contribution in [0.15, 0.2) is 24.4 Å². The molecule has 0 unspecified atom stereocenters. The van der Waals surface area contributed by atoms with Gasteiger partial charge in [-0.1, -0.05) is 18.0 Å². The van der Waals surface area contributed by atoms with Crippen LogP contribution in [0.1, 0.15) is 56.3 Å². The number of benzene rings is 1. The van der Waals surface area contributed by atoms with Gasteiger partial charge >= 0.3 is 0 Å². The van der Waals surface area contributed by atoms with Gasteiger partial charge in [0.15, 0.2) is 0 Å². The summed E-state index contributed by atoms with van der Waals surface area (Å²) in [6, 6.07) is 8.41.